The Morgan fingerprint density at radius 1 is 1.60 bits per heavy atom. The monoisotopic (exact) mass is 231 g/mol. The van der Waals surface area contributed by atoms with Crippen LogP contribution in [-0.4, -0.2) is 24.2 Å². The second-order valence-electron chi connectivity index (χ2n) is 3.66. The first-order valence-electron chi connectivity index (χ1n) is 4.96. The first kappa shape index (κ1) is 12.2. The van der Waals surface area contributed by atoms with Gasteiger partial charge in [-0.3, -0.25) is 4.68 Å². The van der Waals surface area contributed by atoms with Gasteiger partial charge < -0.3 is 0 Å². The van der Waals surface area contributed by atoms with E-state index in [4.69, 9.17) is 0 Å². The van der Waals surface area contributed by atoms with Gasteiger partial charge in [-0.05, 0) is 13.3 Å². The average molecular weight is 231 g/mol. The van der Waals surface area contributed by atoms with Crippen LogP contribution in [0, 0.1) is 0 Å². The zero-order valence-corrected chi connectivity index (χ0v) is 10.1. The van der Waals surface area contributed by atoms with E-state index in [1.54, 1.807) is 7.05 Å². The third-order valence-corrected chi connectivity index (χ3v) is 3.61. The molecule has 0 radical (unpaired) electrons. The van der Waals surface area contributed by atoms with Crippen molar-refractivity contribution in [1.82, 2.24) is 14.5 Å². The van der Waals surface area contributed by atoms with Gasteiger partial charge in [-0.25, -0.2) is 13.1 Å². The molecule has 0 aliphatic heterocycles. The van der Waals surface area contributed by atoms with Crippen LogP contribution >= 0.6 is 0 Å². The Balaban J connectivity index is 2.76. The summed E-state index contributed by atoms with van der Waals surface area (Å²) < 4.78 is 27.6. The zero-order valence-electron chi connectivity index (χ0n) is 9.27. The third-order valence-electron chi connectivity index (χ3n) is 2.07. The van der Waals surface area contributed by atoms with Crippen LogP contribution in [0.25, 0.3) is 0 Å². The summed E-state index contributed by atoms with van der Waals surface area (Å²) in [6.45, 7) is 3.88. The molecule has 86 valence electrons. The maximum Gasteiger partial charge on any atom is 0.243 e. The molecule has 0 bridgehead atoms. The lowest BCUT2D eigenvalue weighted by Gasteiger charge is -2.11. The number of aryl methyl sites for hydroxylation is 1. The van der Waals surface area contributed by atoms with Crippen molar-refractivity contribution in [2.24, 2.45) is 7.05 Å². The maximum atomic E-state index is 11.8. The zero-order chi connectivity index (χ0) is 11.5. The molecule has 1 aromatic rings. The van der Waals surface area contributed by atoms with Crippen molar-refractivity contribution >= 4 is 10.0 Å². The summed E-state index contributed by atoms with van der Waals surface area (Å²) in [5, 5.41) is 3.83. The normalized spacial score (nSPS) is 14.1. The first-order valence-corrected chi connectivity index (χ1v) is 6.45. The molecule has 0 fully saturated rings. The molecule has 1 aromatic heterocycles. The molecule has 1 unspecified atom stereocenters. The van der Waals surface area contributed by atoms with E-state index in [9.17, 15) is 8.42 Å². The molecule has 1 atom stereocenters. The smallest absolute Gasteiger partial charge is 0.243 e. The summed E-state index contributed by atoms with van der Waals surface area (Å²) in [5.41, 5.74) is 0. The van der Waals surface area contributed by atoms with Gasteiger partial charge in [0.05, 0.1) is 6.20 Å². The van der Waals surface area contributed by atoms with Gasteiger partial charge in [0, 0.05) is 19.3 Å². The lowest BCUT2D eigenvalue weighted by atomic mass is 10.2. The molecule has 0 saturated heterocycles. The van der Waals surface area contributed by atoms with Gasteiger partial charge in [-0.1, -0.05) is 13.3 Å². The van der Waals surface area contributed by atoms with Crippen LogP contribution in [0.15, 0.2) is 17.3 Å². The molecule has 0 amide bonds. The van der Waals surface area contributed by atoms with Gasteiger partial charge in [-0.2, -0.15) is 5.10 Å². The number of hydrogen-bond acceptors (Lipinski definition) is 3. The van der Waals surface area contributed by atoms with Crippen molar-refractivity contribution < 1.29 is 8.42 Å². The highest BCUT2D eigenvalue weighted by Crippen LogP contribution is 2.08. The Bertz CT molecular complexity index is 411. The van der Waals surface area contributed by atoms with Gasteiger partial charge in [-0.15, -0.1) is 0 Å². The Morgan fingerprint density at radius 3 is 2.73 bits per heavy atom. The van der Waals surface area contributed by atoms with Gasteiger partial charge in [0.1, 0.15) is 4.90 Å². The highest BCUT2D eigenvalue weighted by molar-refractivity contribution is 7.89. The molecule has 0 aliphatic rings. The molecule has 0 aliphatic carbocycles. The lowest BCUT2D eigenvalue weighted by Crippen LogP contribution is -2.32. The fourth-order valence-electron chi connectivity index (χ4n) is 1.36. The van der Waals surface area contributed by atoms with E-state index in [1.807, 2.05) is 13.8 Å². The SMILES string of the molecule is CCCC(C)NS(=O)(=O)c1cnn(C)c1. The van der Waals surface area contributed by atoms with Crippen LogP contribution in [0.1, 0.15) is 26.7 Å². The fraction of sp³-hybridized carbons (Fsp3) is 0.667. The van der Waals surface area contributed by atoms with E-state index in [2.05, 4.69) is 9.82 Å². The summed E-state index contributed by atoms with van der Waals surface area (Å²) in [4.78, 5) is 0.216. The summed E-state index contributed by atoms with van der Waals surface area (Å²) >= 11 is 0. The number of aromatic nitrogens is 2. The Morgan fingerprint density at radius 2 is 2.27 bits per heavy atom. The van der Waals surface area contributed by atoms with Crippen molar-refractivity contribution in [1.29, 1.82) is 0 Å². The summed E-state index contributed by atoms with van der Waals surface area (Å²) in [6, 6.07) is -0.0415. The van der Waals surface area contributed by atoms with Crippen LogP contribution in [0.2, 0.25) is 0 Å². The predicted octanol–water partition coefficient (Wildman–Crippen LogP) is 0.887. The quantitative estimate of drug-likeness (QED) is 0.818. The minimum Gasteiger partial charge on any atom is -0.274 e. The molecular weight excluding hydrogens is 214 g/mol. The highest BCUT2D eigenvalue weighted by atomic mass is 32.2. The molecule has 0 saturated carbocycles. The van der Waals surface area contributed by atoms with E-state index in [0.717, 1.165) is 12.8 Å². The topological polar surface area (TPSA) is 64.0 Å². The molecule has 6 heteroatoms. The van der Waals surface area contributed by atoms with E-state index < -0.39 is 10.0 Å². The van der Waals surface area contributed by atoms with Crippen LogP contribution < -0.4 is 4.72 Å². The molecule has 5 nitrogen and oxygen atoms in total. The molecule has 0 aromatic carbocycles. The highest BCUT2D eigenvalue weighted by Gasteiger charge is 2.18. The van der Waals surface area contributed by atoms with E-state index in [-0.39, 0.29) is 10.9 Å². The fourth-order valence-corrected chi connectivity index (χ4v) is 2.62. The minimum absolute atomic E-state index is 0.0415. The molecule has 1 rings (SSSR count). The van der Waals surface area contributed by atoms with Crippen molar-refractivity contribution in [3.8, 4) is 0 Å². The second-order valence-corrected chi connectivity index (χ2v) is 5.37. The van der Waals surface area contributed by atoms with Crippen LogP contribution in [0.5, 0.6) is 0 Å². The number of nitrogens with one attached hydrogen (secondary N) is 1. The lowest BCUT2D eigenvalue weighted by molar-refractivity contribution is 0.544. The average Bonchev–Trinajstić information content (AvgIpc) is 2.51. The largest absolute Gasteiger partial charge is 0.274 e. The van der Waals surface area contributed by atoms with Crippen LogP contribution in [-0.2, 0) is 17.1 Å². The number of nitrogens with zero attached hydrogens (tertiary/aromatic N) is 2. The van der Waals surface area contributed by atoms with E-state index in [1.165, 1.54) is 17.1 Å². The summed E-state index contributed by atoms with van der Waals surface area (Å²) in [6.07, 6.45) is 4.62. The van der Waals surface area contributed by atoms with E-state index in [0.29, 0.717) is 0 Å². The number of rotatable bonds is 5. The standard InChI is InChI=1S/C9H17N3O2S/c1-4-5-8(2)11-15(13,14)9-6-10-12(3)7-9/h6-8,11H,4-5H2,1-3H3. The number of hydrogen-bond donors (Lipinski definition) is 1. The summed E-state index contributed by atoms with van der Waals surface area (Å²) in [7, 11) is -1.71. The molecule has 15 heavy (non-hydrogen) atoms. The van der Waals surface area contributed by atoms with Gasteiger partial charge in [0.2, 0.25) is 10.0 Å². The predicted molar refractivity (Wildman–Crippen MR) is 57.9 cm³/mol. The molecule has 0 spiro atoms. The maximum absolute atomic E-state index is 11.8. The third kappa shape index (κ3) is 3.32. The second kappa shape index (κ2) is 4.76. The Kier molecular flexibility index (Phi) is 3.87. The van der Waals surface area contributed by atoms with Crippen molar-refractivity contribution in [2.75, 3.05) is 0 Å². The Hall–Kier alpha value is -0.880. The summed E-state index contributed by atoms with van der Waals surface area (Å²) in [5.74, 6) is 0. The van der Waals surface area contributed by atoms with Crippen LogP contribution in [0.4, 0.5) is 0 Å². The minimum atomic E-state index is -3.39. The van der Waals surface area contributed by atoms with Crippen molar-refractivity contribution in [3.05, 3.63) is 12.4 Å². The van der Waals surface area contributed by atoms with Gasteiger partial charge in [0.15, 0.2) is 0 Å². The molecule has 1 heterocycles. The van der Waals surface area contributed by atoms with E-state index >= 15 is 0 Å². The first-order chi connectivity index (χ1) is 6.95. The van der Waals surface area contributed by atoms with Crippen LogP contribution in [0.3, 0.4) is 0 Å². The molecule has 1 N–H and O–H groups in total. The van der Waals surface area contributed by atoms with Gasteiger partial charge >= 0.3 is 0 Å². The van der Waals surface area contributed by atoms with Crippen molar-refractivity contribution in [2.45, 2.75) is 37.6 Å². The van der Waals surface area contributed by atoms with Gasteiger partial charge in [0.25, 0.3) is 0 Å². The number of sulfonamides is 1. The molecular formula is C9H17N3O2S. The Labute approximate surface area is 90.5 Å². The van der Waals surface area contributed by atoms with Crippen molar-refractivity contribution in [3.63, 3.8) is 0 Å².